The number of hydrogen-bond acceptors (Lipinski definition) is 4. The van der Waals surface area contributed by atoms with Crippen LogP contribution >= 0.6 is 0 Å². The SMILES string of the molecule is CCc1cc(OC2CCCCC2CN)ncn1. The van der Waals surface area contributed by atoms with Gasteiger partial charge < -0.3 is 10.5 Å². The van der Waals surface area contributed by atoms with Gasteiger partial charge in [0.1, 0.15) is 12.4 Å². The first-order valence-corrected chi connectivity index (χ1v) is 6.51. The van der Waals surface area contributed by atoms with E-state index in [-0.39, 0.29) is 6.10 Å². The van der Waals surface area contributed by atoms with E-state index in [1.54, 1.807) is 6.33 Å². The van der Waals surface area contributed by atoms with Crippen LogP contribution in [0.4, 0.5) is 0 Å². The van der Waals surface area contributed by atoms with Gasteiger partial charge in [-0.05, 0) is 32.2 Å². The highest BCUT2D eigenvalue weighted by Crippen LogP contribution is 2.27. The molecule has 17 heavy (non-hydrogen) atoms. The van der Waals surface area contributed by atoms with Gasteiger partial charge in [0.05, 0.1) is 0 Å². The molecular weight excluding hydrogens is 214 g/mol. The number of ether oxygens (including phenoxy) is 1. The number of hydrogen-bond donors (Lipinski definition) is 1. The Kier molecular flexibility index (Phi) is 4.31. The van der Waals surface area contributed by atoms with Gasteiger partial charge in [0.15, 0.2) is 0 Å². The average molecular weight is 235 g/mol. The number of rotatable bonds is 4. The van der Waals surface area contributed by atoms with Crippen LogP contribution in [0.15, 0.2) is 12.4 Å². The molecule has 0 aliphatic heterocycles. The highest BCUT2D eigenvalue weighted by atomic mass is 16.5. The third-order valence-corrected chi connectivity index (χ3v) is 3.48. The lowest BCUT2D eigenvalue weighted by molar-refractivity contribution is 0.0920. The second-order valence-electron chi connectivity index (χ2n) is 4.64. The first kappa shape index (κ1) is 12.3. The molecule has 2 N–H and O–H groups in total. The van der Waals surface area contributed by atoms with Crippen LogP contribution in [-0.2, 0) is 6.42 Å². The van der Waals surface area contributed by atoms with Crippen molar-refractivity contribution >= 4 is 0 Å². The summed E-state index contributed by atoms with van der Waals surface area (Å²) in [4.78, 5) is 8.35. The molecule has 0 bridgehead atoms. The second-order valence-corrected chi connectivity index (χ2v) is 4.64. The van der Waals surface area contributed by atoms with Crippen molar-refractivity contribution in [1.82, 2.24) is 9.97 Å². The summed E-state index contributed by atoms with van der Waals surface area (Å²) in [5, 5.41) is 0. The van der Waals surface area contributed by atoms with Gasteiger partial charge in [0.2, 0.25) is 5.88 Å². The highest BCUT2D eigenvalue weighted by Gasteiger charge is 2.25. The van der Waals surface area contributed by atoms with Crippen molar-refractivity contribution in [2.45, 2.75) is 45.1 Å². The Morgan fingerprint density at radius 1 is 1.35 bits per heavy atom. The zero-order valence-electron chi connectivity index (χ0n) is 10.4. The van der Waals surface area contributed by atoms with E-state index >= 15 is 0 Å². The van der Waals surface area contributed by atoms with Crippen molar-refractivity contribution in [2.24, 2.45) is 11.7 Å². The summed E-state index contributed by atoms with van der Waals surface area (Å²) >= 11 is 0. The molecule has 1 aliphatic rings. The Bertz CT molecular complexity index is 356. The fraction of sp³-hybridized carbons (Fsp3) is 0.692. The van der Waals surface area contributed by atoms with Gasteiger partial charge in [-0.1, -0.05) is 13.3 Å². The number of nitrogens with two attached hydrogens (primary N) is 1. The molecular formula is C13H21N3O. The average Bonchev–Trinajstić information content (AvgIpc) is 2.39. The number of nitrogens with zero attached hydrogens (tertiary/aromatic N) is 2. The summed E-state index contributed by atoms with van der Waals surface area (Å²) in [7, 11) is 0. The monoisotopic (exact) mass is 235 g/mol. The maximum Gasteiger partial charge on any atom is 0.216 e. The lowest BCUT2D eigenvalue weighted by Crippen LogP contribution is -2.35. The van der Waals surface area contributed by atoms with Crippen LogP contribution in [0.5, 0.6) is 5.88 Å². The van der Waals surface area contributed by atoms with Crippen LogP contribution < -0.4 is 10.5 Å². The minimum atomic E-state index is 0.230. The summed E-state index contributed by atoms with van der Waals surface area (Å²) in [5.41, 5.74) is 6.81. The largest absolute Gasteiger partial charge is 0.474 e. The van der Waals surface area contributed by atoms with Crippen LogP contribution in [0.25, 0.3) is 0 Å². The third kappa shape index (κ3) is 3.16. The molecule has 0 amide bonds. The van der Waals surface area contributed by atoms with E-state index in [4.69, 9.17) is 10.5 Å². The minimum Gasteiger partial charge on any atom is -0.474 e. The molecule has 2 atom stereocenters. The molecule has 1 aromatic heterocycles. The Morgan fingerprint density at radius 2 is 2.18 bits per heavy atom. The van der Waals surface area contributed by atoms with Crippen molar-refractivity contribution in [1.29, 1.82) is 0 Å². The van der Waals surface area contributed by atoms with Gasteiger partial charge >= 0.3 is 0 Å². The smallest absolute Gasteiger partial charge is 0.216 e. The first-order chi connectivity index (χ1) is 8.33. The molecule has 0 radical (unpaired) electrons. The van der Waals surface area contributed by atoms with Gasteiger partial charge in [-0.15, -0.1) is 0 Å². The lowest BCUT2D eigenvalue weighted by atomic mass is 9.86. The van der Waals surface area contributed by atoms with Gasteiger partial charge in [0, 0.05) is 17.7 Å². The number of aryl methyl sites for hydroxylation is 1. The summed E-state index contributed by atoms with van der Waals surface area (Å²) in [5.74, 6) is 1.17. The minimum absolute atomic E-state index is 0.230. The quantitative estimate of drug-likeness (QED) is 0.866. The molecule has 2 rings (SSSR count). The molecule has 1 heterocycles. The zero-order chi connectivity index (χ0) is 12.1. The van der Waals surface area contributed by atoms with Crippen LogP contribution in [0.1, 0.15) is 38.3 Å². The van der Waals surface area contributed by atoms with E-state index in [0.717, 1.165) is 18.5 Å². The van der Waals surface area contributed by atoms with Crippen molar-refractivity contribution in [3.05, 3.63) is 18.1 Å². The van der Waals surface area contributed by atoms with E-state index in [0.29, 0.717) is 18.3 Å². The molecule has 1 aromatic rings. The molecule has 0 spiro atoms. The third-order valence-electron chi connectivity index (χ3n) is 3.48. The molecule has 1 fully saturated rings. The van der Waals surface area contributed by atoms with Crippen LogP contribution in [0.2, 0.25) is 0 Å². The standard InChI is InChI=1S/C13H21N3O/c1-2-11-7-13(16-9-15-11)17-12-6-4-3-5-10(12)8-14/h7,9-10,12H,2-6,8,14H2,1H3. The van der Waals surface area contributed by atoms with E-state index in [1.807, 2.05) is 6.07 Å². The molecule has 4 heteroatoms. The Balaban J connectivity index is 2.02. The van der Waals surface area contributed by atoms with Crippen LogP contribution in [0.3, 0.4) is 0 Å². The van der Waals surface area contributed by atoms with Gasteiger partial charge in [-0.2, -0.15) is 0 Å². The highest BCUT2D eigenvalue weighted by molar-refractivity contribution is 5.13. The van der Waals surface area contributed by atoms with E-state index in [9.17, 15) is 0 Å². The van der Waals surface area contributed by atoms with Gasteiger partial charge in [-0.3, -0.25) is 0 Å². The summed E-state index contributed by atoms with van der Waals surface area (Å²) in [6.07, 6.45) is 7.48. The maximum absolute atomic E-state index is 5.97. The summed E-state index contributed by atoms with van der Waals surface area (Å²) in [6, 6.07) is 1.93. The van der Waals surface area contributed by atoms with E-state index < -0.39 is 0 Å². The topological polar surface area (TPSA) is 61.0 Å². The molecule has 0 aromatic carbocycles. The van der Waals surface area contributed by atoms with Crippen LogP contribution in [0, 0.1) is 5.92 Å². The second kappa shape index (κ2) is 5.96. The van der Waals surface area contributed by atoms with Crippen molar-refractivity contribution in [3.63, 3.8) is 0 Å². The lowest BCUT2D eigenvalue weighted by Gasteiger charge is -2.30. The Labute approximate surface area is 103 Å². The van der Waals surface area contributed by atoms with Crippen molar-refractivity contribution < 1.29 is 4.74 Å². The predicted octanol–water partition coefficient (Wildman–Crippen LogP) is 1.94. The van der Waals surface area contributed by atoms with Crippen molar-refractivity contribution in [3.8, 4) is 5.88 Å². The predicted molar refractivity (Wildman–Crippen MR) is 66.8 cm³/mol. The molecule has 2 unspecified atom stereocenters. The molecule has 94 valence electrons. The molecule has 1 saturated carbocycles. The normalized spacial score (nSPS) is 24.6. The molecule has 0 saturated heterocycles. The summed E-state index contributed by atoms with van der Waals surface area (Å²) in [6.45, 7) is 2.78. The number of aromatic nitrogens is 2. The maximum atomic E-state index is 5.97. The zero-order valence-corrected chi connectivity index (χ0v) is 10.4. The summed E-state index contributed by atoms with van der Waals surface area (Å²) < 4.78 is 5.97. The van der Waals surface area contributed by atoms with Gasteiger partial charge in [-0.25, -0.2) is 9.97 Å². The van der Waals surface area contributed by atoms with E-state index in [2.05, 4.69) is 16.9 Å². The van der Waals surface area contributed by atoms with Crippen molar-refractivity contribution in [2.75, 3.05) is 6.54 Å². The Hall–Kier alpha value is -1.16. The van der Waals surface area contributed by atoms with Gasteiger partial charge in [0.25, 0.3) is 0 Å². The fourth-order valence-electron chi connectivity index (χ4n) is 2.39. The molecule has 1 aliphatic carbocycles. The Morgan fingerprint density at radius 3 is 2.94 bits per heavy atom. The molecule has 4 nitrogen and oxygen atoms in total. The first-order valence-electron chi connectivity index (χ1n) is 6.51. The van der Waals surface area contributed by atoms with Crippen LogP contribution in [-0.4, -0.2) is 22.6 Å². The fourth-order valence-corrected chi connectivity index (χ4v) is 2.39. The van der Waals surface area contributed by atoms with E-state index in [1.165, 1.54) is 19.3 Å².